The summed E-state index contributed by atoms with van der Waals surface area (Å²) in [5.41, 5.74) is 2.13. The standard InChI is InChI=1S/C8H9N.C3H8/c1-3-7-5-6-9-8(7)4-2;1-3-2/h3-6,9H,1-2H2;3H2,1-2H3. The summed E-state index contributed by atoms with van der Waals surface area (Å²) in [7, 11) is 0. The van der Waals surface area contributed by atoms with Gasteiger partial charge in [-0.3, -0.25) is 0 Å². The Morgan fingerprint density at radius 2 is 1.92 bits per heavy atom. The lowest BCUT2D eigenvalue weighted by molar-refractivity contribution is 1.09. The molecule has 1 heterocycles. The smallest absolute Gasteiger partial charge is 0.0447 e. The van der Waals surface area contributed by atoms with Crippen LogP contribution in [0.3, 0.4) is 0 Å². The normalized spacial score (nSPS) is 8.17. The Balaban J connectivity index is 0.000000354. The number of nitrogens with one attached hydrogen (secondary N) is 1. The first kappa shape index (κ1) is 10.8. The molecule has 0 amide bonds. The van der Waals surface area contributed by atoms with Gasteiger partial charge in [0.15, 0.2) is 0 Å². The van der Waals surface area contributed by atoms with E-state index < -0.39 is 0 Å². The lowest BCUT2D eigenvalue weighted by Crippen LogP contribution is -1.70. The van der Waals surface area contributed by atoms with Crippen LogP contribution in [0.1, 0.15) is 31.5 Å². The first-order chi connectivity index (χ1) is 5.79. The highest BCUT2D eigenvalue weighted by Crippen LogP contribution is 2.07. The van der Waals surface area contributed by atoms with E-state index >= 15 is 0 Å². The second-order valence-electron chi connectivity index (χ2n) is 2.46. The SMILES string of the molecule is C=Cc1cc[nH]c1C=C.CCC. The maximum Gasteiger partial charge on any atom is 0.0447 e. The fourth-order valence-corrected chi connectivity index (χ4v) is 0.749. The molecule has 1 nitrogen and oxygen atoms in total. The molecule has 0 aliphatic heterocycles. The molecule has 1 aromatic rings. The molecule has 0 spiro atoms. The third kappa shape index (κ3) is 3.24. The van der Waals surface area contributed by atoms with Crippen molar-refractivity contribution >= 4 is 12.2 Å². The predicted octanol–water partition coefficient (Wildman–Crippen LogP) is 3.72. The minimum Gasteiger partial charge on any atom is -0.361 e. The Labute approximate surface area is 74.8 Å². The van der Waals surface area contributed by atoms with Crippen molar-refractivity contribution < 1.29 is 0 Å². The average Bonchev–Trinajstić information content (AvgIpc) is 2.52. The molecule has 1 heteroatoms. The van der Waals surface area contributed by atoms with Crippen LogP contribution in [0.2, 0.25) is 0 Å². The molecule has 0 aromatic carbocycles. The van der Waals surface area contributed by atoms with Crippen molar-refractivity contribution in [2.24, 2.45) is 0 Å². The highest BCUT2D eigenvalue weighted by atomic mass is 14.7. The molecular formula is C11H17N. The molecule has 0 bridgehead atoms. The van der Waals surface area contributed by atoms with Crippen LogP contribution in [-0.4, -0.2) is 4.98 Å². The van der Waals surface area contributed by atoms with Gasteiger partial charge in [-0.1, -0.05) is 39.5 Å². The van der Waals surface area contributed by atoms with Gasteiger partial charge in [0.25, 0.3) is 0 Å². The third-order valence-corrected chi connectivity index (χ3v) is 1.24. The Kier molecular flexibility index (Phi) is 5.80. The van der Waals surface area contributed by atoms with E-state index in [1.165, 1.54) is 6.42 Å². The third-order valence-electron chi connectivity index (χ3n) is 1.24. The van der Waals surface area contributed by atoms with Crippen LogP contribution >= 0.6 is 0 Å². The zero-order valence-electron chi connectivity index (χ0n) is 7.93. The average molecular weight is 163 g/mol. The van der Waals surface area contributed by atoms with Crippen LogP contribution in [0.15, 0.2) is 25.4 Å². The van der Waals surface area contributed by atoms with Crippen molar-refractivity contribution in [2.75, 3.05) is 0 Å². The van der Waals surface area contributed by atoms with Crippen LogP contribution in [0.4, 0.5) is 0 Å². The second-order valence-corrected chi connectivity index (χ2v) is 2.46. The topological polar surface area (TPSA) is 15.8 Å². The monoisotopic (exact) mass is 163 g/mol. The van der Waals surface area contributed by atoms with E-state index in [1.807, 2.05) is 12.3 Å². The Bertz CT molecular complexity index is 210. The maximum atomic E-state index is 3.64. The summed E-state index contributed by atoms with van der Waals surface area (Å²) in [4.78, 5) is 3.02. The van der Waals surface area contributed by atoms with Gasteiger partial charge in [0.05, 0.1) is 0 Å². The maximum absolute atomic E-state index is 3.64. The predicted molar refractivity (Wildman–Crippen MR) is 56.9 cm³/mol. The molecule has 0 fully saturated rings. The van der Waals surface area contributed by atoms with Gasteiger partial charge < -0.3 is 4.98 Å². The molecule has 0 saturated carbocycles. The zero-order valence-corrected chi connectivity index (χ0v) is 7.93. The summed E-state index contributed by atoms with van der Waals surface area (Å²) < 4.78 is 0. The van der Waals surface area contributed by atoms with Gasteiger partial charge in [-0.25, -0.2) is 0 Å². The molecule has 0 radical (unpaired) electrons. The number of aromatic amines is 1. The van der Waals surface area contributed by atoms with Crippen molar-refractivity contribution in [3.8, 4) is 0 Å². The van der Waals surface area contributed by atoms with Crippen molar-refractivity contribution in [1.82, 2.24) is 4.98 Å². The van der Waals surface area contributed by atoms with Crippen LogP contribution in [-0.2, 0) is 0 Å². The highest BCUT2D eigenvalue weighted by Gasteiger charge is 1.91. The lowest BCUT2D eigenvalue weighted by atomic mass is 10.2. The summed E-state index contributed by atoms with van der Waals surface area (Å²) in [6, 6.07) is 1.96. The second kappa shape index (κ2) is 6.47. The van der Waals surface area contributed by atoms with Crippen molar-refractivity contribution in [3.63, 3.8) is 0 Å². The number of hydrogen-bond acceptors (Lipinski definition) is 0. The van der Waals surface area contributed by atoms with Gasteiger partial charge in [-0.15, -0.1) is 0 Å². The summed E-state index contributed by atoms with van der Waals surface area (Å²) in [6.45, 7) is 11.5. The fraction of sp³-hybridized carbons (Fsp3) is 0.273. The number of H-pyrrole nitrogens is 1. The van der Waals surface area contributed by atoms with Crippen molar-refractivity contribution in [3.05, 3.63) is 36.7 Å². The van der Waals surface area contributed by atoms with E-state index in [1.54, 1.807) is 12.2 Å². The van der Waals surface area contributed by atoms with Crippen LogP contribution in [0.25, 0.3) is 12.2 Å². The largest absolute Gasteiger partial charge is 0.361 e. The Morgan fingerprint density at radius 1 is 1.33 bits per heavy atom. The Morgan fingerprint density at radius 3 is 2.25 bits per heavy atom. The molecule has 0 atom stereocenters. The van der Waals surface area contributed by atoms with E-state index in [0.29, 0.717) is 0 Å². The summed E-state index contributed by atoms with van der Waals surface area (Å²) in [5.74, 6) is 0. The lowest BCUT2D eigenvalue weighted by Gasteiger charge is -1.86. The molecule has 1 rings (SSSR count). The van der Waals surface area contributed by atoms with E-state index in [4.69, 9.17) is 0 Å². The zero-order chi connectivity index (χ0) is 9.40. The molecule has 0 aliphatic carbocycles. The first-order valence-electron chi connectivity index (χ1n) is 4.22. The molecule has 1 aromatic heterocycles. The molecule has 0 unspecified atom stereocenters. The summed E-state index contributed by atoms with van der Waals surface area (Å²) in [5, 5.41) is 0. The van der Waals surface area contributed by atoms with Crippen LogP contribution < -0.4 is 0 Å². The van der Waals surface area contributed by atoms with E-state index in [2.05, 4.69) is 32.0 Å². The van der Waals surface area contributed by atoms with Gasteiger partial charge in [-0.2, -0.15) is 0 Å². The van der Waals surface area contributed by atoms with E-state index in [0.717, 1.165) is 11.3 Å². The number of rotatable bonds is 2. The quantitative estimate of drug-likeness (QED) is 0.684. The molecule has 66 valence electrons. The van der Waals surface area contributed by atoms with Crippen molar-refractivity contribution in [1.29, 1.82) is 0 Å². The Hall–Kier alpha value is -1.24. The van der Waals surface area contributed by atoms with Gasteiger partial charge >= 0.3 is 0 Å². The first-order valence-corrected chi connectivity index (χ1v) is 4.22. The van der Waals surface area contributed by atoms with E-state index in [9.17, 15) is 0 Å². The molecule has 12 heavy (non-hydrogen) atoms. The van der Waals surface area contributed by atoms with Gasteiger partial charge in [0, 0.05) is 11.9 Å². The van der Waals surface area contributed by atoms with E-state index in [-0.39, 0.29) is 0 Å². The molecule has 0 aliphatic rings. The fourth-order valence-electron chi connectivity index (χ4n) is 0.749. The molecular weight excluding hydrogens is 146 g/mol. The summed E-state index contributed by atoms with van der Waals surface area (Å²) in [6.07, 6.45) is 6.69. The molecule has 0 saturated heterocycles. The minimum atomic E-state index is 1.03. The highest BCUT2D eigenvalue weighted by molar-refractivity contribution is 5.60. The van der Waals surface area contributed by atoms with Gasteiger partial charge in [-0.05, 0) is 17.7 Å². The minimum absolute atomic E-state index is 1.03. The van der Waals surface area contributed by atoms with Gasteiger partial charge in [0.2, 0.25) is 0 Å². The van der Waals surface area contributed by atoms with Crippen LogP contribution in [0.5, 0.6) is 0 Å². The number of aromatic nitrogens is 1. The summed E-state index contributed by atoms with van der Waals surface area (Å²) >= 11 is 0. The van der Waals surface area contributed by atoms with Crippen LogP contribution in [0, 0.1) is 0 Å². The molecule has 1 N–H and O–H groups in total. The van der Waals surface area contributed by atoms with Gasteiger partial charge in [0.1, 0.15) is 0 Å². The number of hydrogen-bond donors (Lipinski definition) is 1. The van der Waals surface area contributed by atoms with Crippen molar-refractivity contribution in [2.45, 2.75) is 20.3 Å².